The van der Waals surface area contributed by atoms with E-state index in [2.05, 4.69) is 53.1 Å². The van der Waals surface area contributed by atoms with Gasteiger partial charge in [0.2, 0.25) is 5.95 Å². The van der Waals surface area contributed by atoms with Crippen molar-refractivity contribution < 1.29 is 9.47 Å². The Hall–Kier alpha value is -4.10. The van der Waals surface area contributed by atoms with E-state index in [1.165, 1.54) is 0 Å². The minimum atomic E-state index is 0.0184. The van der Waals surface area contributed by atoms with Gasteiger partial charge in [0.15, 0.2) is 11.5 Å². The number of anilines is 2. The molecule has 7 heteroatoms. The average molecular weight is 511 g/mol. The molecule has 0 spiro atoms. The van der Waals surface area contributed by atoms with Crippen LogP contribution < -0.4 is 19.9 Å². The van der Waals surface area contributed by atoms with Crippen molar-refractivity contribution in [2.45, 2.75) is 33.4 Å². The van der Waals surface area contributed by atoms with E-state index in [0.717, 1.165) is 52.4 Å². The number of nitrogens with zero attached hydrogens (tertiary/aromatic N) is 4. The van der Waals surface area contributed by atoms with Crippen molar-refractivity contribution in [2.24, 2.45) is 0 Å². The van der Waals surface area contributed by atoms with Gasteiger partial charge in [-0.1, -0.05) is 48.5 Å². The molecule has 1 aromatic heterocycles. The van der Waals surface area contributed by atoms with Gasteiger partial charge in [0.25, 0.3) is 5.56 Å². The molecule has 2 heterocycles. The standard InChI is InChI=1S/C31H34N4O3/c1-22-9-8-12-26(17-22)34-20-33(16-15-25-13-14-28(37-3)29(19-25)38-4)21-35-30(36)27(23(2)32-31(34)35)18-24-10-6-5-7-11-24/h5-14,17,19H,15-16,18,20-21H2,1-4H3. The van der Waals surface area contributed by atoms with E-state index >= 15 is 0 Å². The smallest absolute Gasteiger partial charge is 0.259 e. The van der Waals surface area contributed by atoms with Crippen molar-refractivity contribution in [3.05, 3.63) is 111 Å². The predicted octanol–water partition coefficient (Wildman–Crippen LogP) is 5.08. The summed E-state index contributed by atoms with van der Waals surface area (Å²) in [5.41, 5.74) is 5.98. The lowest BCUT2D eigenvalue weighted by Crippen LogP contribution is -2.48. The van der Waals surface area contributed by atoms with E-state index in [-0.39, 0.29) is 5.56 Å². The Bertz CT molecular complexity index is 1480. The number of rotatable bonds is 8. The maximum atomic E-state index is 13.9. The Kier molecular flexibility index (Phi) is 7.47. The third-order valence-electron chi connectivity index (χ3n) is 7.08. The Morgan fingerprint density at radius 3 is 2.37 bits per heavy atom. The second-order valence-corrected chi connectivity index (χ2v) is 9.75. The lowest BCUT2D eigenvalue weighted by Gasteiger charge is -2.38. The summed E-state index contributed by atoms with van der Waals surface area (Å²) in [6.45, 7) is 5.92. The van der Waals surface area contributed by atoms with Crippen molar-refractivity contribution in [3.63, 3.8) is 0 Å². The zero-order valence-electron chi connectivity index (χ0n) is 22.5. The van der Waals surface area contributed by atoms with E-state index in [1.807, 2.05) is 47.9 Å². The number of aryl methyl sites for hydroxylation is 2. The monoisotopic (exact) mass is 510 g/mol. The highest BCUT2D eigenvalue weighted by Crippen LogP contribution is 2.30. The number of methoxy groups -OCH3 is 2. The van der Waals surface area contributed by atoms with Crippen LogP contribution in [0.3, 0.4) is 0 Å². The highest BCUT2D eigenvalue weighted by Gasteiger charge is 2.28. The van der Waals surface area contributed by atoms with Gasteiger partial charge in [-0.15, -0.1) is 0 Å². The van der Waals surface area contributed by atoms with Gasteiger partial charge in [-0.3, -0.25) is 19.2 Å². The largest absolute Gasteiger partial charge is 0.493 e. The Morgan fingerprint density at radius 1 is 0.842 bits per heavy atom. The molecule has 5 rings (SSSR count). The number of fused-ring (bicyclic) bond motifs is 1. The van der Waals surface area contributed by atoms with Gasteiger partial charge < -0.3 is 9.47 Å². The van der Waals surface area contributed by atoms with Crippen molar-refractivity contribution in [1.82, 2.24) is 14.5 Å². The first-order chi connectivity index (χ1) is 18.5. The summed E-state index contributed by atoms with van der Waals surface area (Å²) < 4.78 is 12.7. The SMILES string of the molecule is COc1ccc(CCN2CN(c3cccc(C)c3)c3nc(C)c(Cc4ccccc4)c(=O)n3C2)cc1OC. The highest BCUT2D eigenvalue weighted by molar-refractivity contribution is 5.59. The van der Waals surface area contributed by atoms with Gasteiger partial charge in [-0.25, -0.2) is 4.98 Å². The first-order valence-electron chi connectivity index (χ1n) is 12.9. The predicted molar refractivity (Wildman–Crippen MR) is 151 cm³/mol. The normalized spacial score (nSPS) is 13.3. The second-order valence-electron chi connectivity index (χ2n) is 9.75. The molecule has 0 N–H and O–H groups in total. The number of benzene rings is 3. The number of hydrogen-bond donors (Lipinski definition) is 0. The minimum absolute atomic E-state index is 0.0184. The van der Waals surface area contributed by atoms with Crippen LogP contribution in [0.1, 0.15) is 27.9 Å². The Labute approximate surface area is 223 Å². The molecule has 0 aliphatic carbocycles. The summed E-state index contributed by atoms with van der Waals surface area (Å²) in [6, 6.07) is 24.5. The van der Waals surface area contributed by atoms with Gasteiger partial charge in [-0.2, -0.15) is 0 Å². The molecule has 0 amide bonds. The third-order valence-corrected chi connectivity index (χ3v) is 7.08. The summed E-state index contributed by atoms with van der Waals surface area (Å²) in [7, 11) is 3.29. The van der Waals surface area contributed by atoms with Crippen LogP contribution in [-0.2, 0) is 19.5 Å². The van der Waals surface area contributed by atoms with Crippen LogP contribution >= 0.6 is 0 Å². The Morgan fingerprint density at radius 2 is 1.63 bits per heavy atom. The Balaban J connectivity index is 1.48. The quantitative estimate of drug-likeness (QED) is 0.330. The zero-order valence-corrected chi connectivity index (χ0v) is 22.5. The van der Waals surface area contributed by atoms with Crippen LogP contribution in [0.15, 0.2) is 77.6 Å². The molecule has 4 aromatic rings. The molecule has 7 nitrogen and oxygen atoms in total. The fourth-order valence-corrected chi connectivity index (χ4v) is 4.99. The summed E-state index contributed by atoms with van der Waals surface area (Å²) in [5.74, 6) is 2.13. The fraction of sp³-hybridized carbons (Fsp3) is 0.290. The topological polar surface area (TPSA) is 59.8 Å². The van der Waals surface area contributed by atoms with Crippen LogP contribution in [0.4, 0.5) is 11.6 Å². The van der Waals surface area contributed by atoms with Crippen LogP contribution in [0.5, 0.6) is 11.5 Å². The van der Waals surface area contributed by atoms with Gasteiger partial charge in [0.1, 0.15) is 0 Å². The molecule has 1 aliphatic rings. The van der Waals surface area contributed by atoms with Crippen LogP contribution in [0.25, 0.3) is 0 Å². The highest BCUT2D eigenvalue weighted by atomic mass is 16.5. The maximum absolute atomic E-state index is 13.9. The average Bonchev–Trinajstić information content (AvgIpc) is 2.94. The van der Waals surface area contributed by atoms with E-state index in [9.17, 15) is 4.79 Å². The lowest BCUT2D eigenvalue weighted by molar-refractivity contribution is 0.200. The van der Waals surface area contributed by atoms with Crippen molar-refractivity contribution in [3.8, 4) is 11.5 Å². The molecule has 0 bridgehead atoms. The van der Waals surface area contributed by atoms with Crippen molar-refractivity contribution >= 4 is 11.6 Å². The molecule has 0 saturated heterocycles. The first kappa shape index (κ1) is 25.5. The molecule has 0 fully saturated rings. The summed E-state index contributed by atoms with van der Waals surface area (Å²) in [4.78, 5) is 23.3. The second kappa shape index (κ2) is 11.1. The summed E-state index contributed by atoms with van der Waals surface area (Å²) in [6.07, 6.45) is 1.37. The zero-order chi connectivity index (χ0) is 26.6. The number of aromatic nitrogens is 2. The molecule has 0 unspecified atom stereocenters. The summed E-state index contributed by atoms with van der Waals surface area (Å²) in [5, 5.41) is 0. The van der Waals surface area contributed by atoms with E-state index in [0.29, 0.717) is 31.5 Å². The molecule has 38 heavy (non-hydrogen) atoms. The maximum Gasteiger partial charge on any atom is 0.259 e. The number of hydrogen-bond acceptors (Lipinski definition) is 6. The van der Waals surface area contributed by atoms with Crippen molar-refractivity contribution in [1.29, 1.82) is 0 Å². The molecular weight excluding hydrogens is 476 g/mol. The molecule has 0 radical (unpaired) electrons. The van der Waals surface area contributed by atoms with Gasteiger partial charge >= 0.3 is 0 Å². The number of ether oxygens (including phenoxy) is 2. The van der Waals surface area contributed by atoms with Crippen molar-refractivity contribution in [2.75, 3.05) is 32.3 Å². The molecule has 3 aromatic carbocycles. The van der Waals surface area contributed by atoms with E-state index in [1.54, 1.807) is 14.2 Å². The van der Waals surface area contributed by atoms with Crippen LogP contribution in [0.2, 0.25) is 0 Å². The first-order valence-corrected chi connectivity index (χ1v) is 12.9. The van der Waals surface area contributed by atoms with Crippen LogP contribution in [-0.4, -0.2) is 41.9 Å². The molecule has 0 saturated carbocycles. The van der Waals surface area contributed by atoms with Gasteiger partial charge in [0, 0.05) is 24.2 Å². The minimum Gasteiger partial charge on any atom is -0.493 e. The molecule has 196 valence electrons. The lowest BCUT2D eigenvalue weighted by atomic mass is 10.1. The molecule has 0 atom stereocenters. The molecular formula is C31H34N4O3. The van der Waals surface area contributed by atoms with Gasteiger partial charge in [0.05, 0.1) is 33.3 Å². The third kappa shape index (κ3) is 5.29. The van der Waals surface area contributed by atoms with Gasteiger partial charge in [-0.05, 0) is 61.2 Å². The summed E-state index contributed by atoms with van der Waals surface area (Å²) >= 11 is 0. The van der Waals surface area contributed by atoms with E-state index in [4.69, 9.17) is 14.5 Å². The molecule has 1 aliphatic heterocycles. The van der Waals surface area contributed by atoms with E-state index < -0.39 is 0 Å². The fourth-order valence-electron chi connectivity index (χ4n) is 4.99. The van der Waals surface area contributed by atoms with Crippen LogP contribution in [0, 0.1) is 13.8 Å².